The highest BCUT2D eigenvalue weighted by Gasteiger charge is 2.26. The molecular weight excluding hydrogens is 378 g/mol. The zero-order chi connectivity index (χ0) is 20.1. The molecule has 0 spiro atoms. The second kappa shape index (κ2) is 8.71. The first-order chi connectivity index (χ1) is 13.5. The number of ether oxygens (including phenoxy) is 1. The Hall–Kier alpha value is -3.13. The lowest BCUT2D eigenvalue weighted by atomic mass is 10.0. The zero-order valence-corrected chi connectivity index (χ0v) is 16.3. The number of para-hydroxylation sites is 1. The van der Waals surface area contributed by atoms with Crippen molar-refractivity contribution in [2.75, 3.05) is 7.11 Å². The van der Waals surface area contributed by atoms with Crippen LogP contribution in [0.15, 0.2) is 48.0 Å². The van der Waals surface area contributed by atoms with Crippen molar-refractivity contribution in [2.24, 2.45) is 0 Å². The number of thiophene rings is 1. The second-order valence-corrected chi connectivity index (χ2v) is 7.27. The third-order valence-electron chi connectivity index (χ3n) is 4.39. The Morgan fingerprint density at radius 3 is 2.64 bits per heavy atom. The minimum Gasteiger partial charge on any atom is -0.467 e. The van der Waals surface area contributed by atoms with E-state index in [0.29, 0.717) is 4.88 Å². The van der Waals surface area contributed by atoms with E-state index in [4.69, 9.17) is 4.74 Å². The maximum absolute atomic E-state index is 12.5. The van der Waals surface area contributed by atoms with Crippen LogP contribution >= 0.6 is 11.3 Å². The molecule has 0 aliphatic heterocycles. The third kappa shape index (κ3) is 4.40. The highest BCUT2D eigenvalue weighted by molar-refractivity contribution is 7.12. The average molecular weight is 399 g/mol. The summed E-state index contributed by atoms with van der Waals surface area (Å²) in [5.41, 5.74) is 1.84. The van der Waals surface area contributed by atoms with Crippen LogP contribution in [0.25, 0.3) is 10.9 Å². The number of esters is 1. The number of nitrogens with one attached hydrogen (secondary N) is 3. The van der Waals surface area contributed by atoms with Crippen LogP contribution in [0.2, 0.25) is 0 Å². The van der Waals surface area contributed by atoms with Crippen molar-refractivity contribution in [3.8, 4) is 0 Å². The molecule has 3 rings (SSSR count). The number of H-pyrrole nitrogens is 1. The summed E-state index contributed by atoms with van der Waals surface area (Å²) < 4.78 is 4.84. The molecule has 0 aliphatic carbocycles. The van der Waals surface area contributed by atoms with Gasteiger partial charge in [-0.1, -0.05) is 24.3 Å². The van der Waals surface area contributed by atoms with Gasteiger partial charge < -0.3 is 20.4 Å². The van der Waals surface area contributed by atoms with E-state index in [1.54, 1.807) is 24.4 Å². The second-order valence-electron chi connectivity index (χ2n) is 6.32. The van der Waals surface area contributed by atoms with Gasteiger partial charge in [-0.2, -0.15) is 0 Å². The molecule has 146 valence electrons. The molecule has 28 heavy (non-hydrogen) atoms. The number of carbonyl (C=O) groups excluding carboxylic acids is 3. The number of aromatic nitrogens is 1. The number of hydrogen-bond acceptors (Lipinski definition) is 5. The Labute approximate surface area is 166 Å². The van der Waals surface area contributed by atoms with Gasteiger partial charge in [-0.3, -0.25) is 9.59 Å². The fraction of sp³-hybridized carbons (Fsp3) is 0.250. The van der Waals surface area contributed by atoms with Crippen molar-refractivity contribution >= 4 is 40.0 Å². The minimum atomic E-state index is -0.863. The fourth-order valence-electron chi connectivity index (χ4n) is 2.89. The van der Waals surface area contributed by atoms with Gasteiger partial charge in [0.15, 0.2) is 0 Å². The van der Waals surface area contributed by atoms with Crippen LogP contribution in [0.4, 0.5) is 0 Å². The number of rotatable bonds is 7. The summed E-state index contributed by atoms with van der Waals surface area (Å²) in [6.45, 7) is 1.57. The summed E-state index contributed by atoms with van der Waals surface area (Å²) in [6, 6.07) is 9.49. The fourth-order valence-corrected chi connectivity index (χ4v) is 3.52. The lowest BCUT2D eigenvalue weighted by Gasteiger charge is -2.19. The molecule has 2 unspecified atom stereocenters. The Morgan fingerprint density at radius 2 is 1.93 bits per heavy atom. The number of aromatic amines is 1. The largest absolute Gasteiger partial charge is 0.467 e. The zero-order valence-electron chi connectivity index (χ0n) is 15.5. The minimum absolute atomic E-state index is 0.272. The van der Waals surface area contributed by atoms with Crippen molar-refractivity contribution in [1.29, 1.82) is 0 Å². The Bertz CT molecular complexity index is 980. The summed E-state index contributed by atoms with van der Waals surface area (Å²) in [5.74, 6) is -1.33. The summed E-state index contributed by atoms with van der Waals surface area (Å²) in [5, 5.41) is 8.08. The van der Waals surface area contributed by atoms with Crippen LogP contribution < -0.4 is 10.6 Å². The summed E-state index contributed by atoms with van der Waals surface area (Å²) in [4.78, 5) is 40.5. The van der Waals surface area contributed by atoms with Gasteiger partial charge in [-0.25, -0.2) is 4.79 Å². The molecule has 0 radical (unpaired) electrons. The predicted octanol–water partition coefficient (Wildman–Crippen LogP) is 2.25. The lowest BCUT2D eigenvalue weighted by molar-refractivity contribution is -0.145. The van der Waals surface area contributed by atoms with E-state index in [2.05, 4.69) is 15.6 Å². The number of methoxy groups -OCH3 is 1. The molecule has 0 bridgehead atoms. The molecule has 0 saturated carbocycles. The predicted molar refractivity (Wildman–Crippen MR) is 107 cm³/mol. The van der Waals surface area contributed by atoms with Gasteiger partial charge in [-0.15, -0.1) is 11.3 Å². The maximum atomic E-state index is 12.5. The van der Waals surface area contributed by atoms with Gasteiger partial charge in [-0.05, 0) is 30.0 Å². The number of fused-ring (bicyclic) bond motifs is 1. The van der Waals surface area contributed by atoms with E-state index in [1.165, 1.54) is 18.4 Å². The van der Waals surface area contributed by atoms with E-state index in [0.717, 1.165) is 16.5 Å². The molecule has 8 heteroatoms. The number of benzene rings is 1. The van der Waals surface area contributed by atoms with Gasteiger partial charge in [0, 0.05) is 23.5 Å². The number of hydrogen-bond donors (Lipinski definition) is 3. The van der Waals surface area contributed by atoms with Crippen LogP contribution in [0.3, 0.4) is 0 Å². The monoisotopic (exact) mass is 399 g/mol. The van der Waals surface area contributed by atoms with E-state index < -0.39 is 24.0 Å². The van der Waals surface area contributed by atoms with Crippen molar-refractivity contribution in [1.82, 2.24) is 15.6 Å². The van der Waals surface area contributed by atoms with Crippen LogP contribution in [0, 0.1) is 0 Å². The van der Waals surface area contributed by atoms with Gasteiger partial charge >= 0.3 is 5.97 Å². The molecule has 7 nitrogen and oxygen atoms in total. The molecule has 2 aromatic heterocycles. The van der Waals surface area contributed by atoms with E-state index in [-0.39, 0.29) is 12.3 Å². The Morgan fingerprint density at radius 1 is 1.14 bits per heavy atom. The van der Waals surface area contributed by atoms with Crippen LogP contribution in [-0.2, 0) is 20.7 Å². The summed E-state index contributed by atoms with van der Waals surface area (Å²) >= 11 is 1.29. The molecule has 3 N–H and O–H groups in total. The Kier molecular flexibility index (Phi) is 6.10. The third-order valence-corrected chi connectivity index (χ3v) is 5.26. The highest BCUT2D eigenvalue weighted by Crippen LogP contribution is 2.19. The maximum Gasteiger partial charge on any atom is 0.328 e. The quantitative estimate of drug-likeness (QED) is 0.531. The van der Waals surface area contributed by atoms with Gasteiger partial charge in [0.05, 0.1) is 12.0 Å². The highest BCUT2D eigenvalue weighted by atomic mass is 32.1. The first-order valence-electron chi connectivity index (χ1n) is 8.77. The molecular formula is C20H21N3O4S. The first-order valence-corrected chi connectivity index (χ1v) is 9.65. The van der Waals surface area contributed by atoms with Crippen LogP contribution in [-0.4, -0.2) is 42.0 Å². The average Bonchev–Trinajstić information content (AvgIpc) is 3.37. The van der Waals surface area contributed by atoms with Crippen molar-refractivity contribution < 1.29 is 19.1 Å². The molecule has 1 aromatic carbocycles. The summed E-state index contributed by atoms with van der Waals surface area (Å²) in [6.07, 6.45) is 2.09. The molecule has 0 fully saturated rings. The Balaban J connectivity index is 1.69. The van der Waals surface area contributed by atoms with E-state index in [1.807, 2.05) is 30.5 Å². The molecule has 2 heterocycles. The van der Waals surface area contributed by atoms with Gasteiger partial charge in [0.2, 0.25) is 5.91 Å². The topological polar surface area (TPSA) is 100 Å². The van der Waals surface area contributed by atoms with Gasteiger partial charge in [0.25, 0.3) is 5.91 Å². The molecule has 3 aromatic rings. The van der Waals surface area contributed by atoms with Crippen LogP contribution in [0.1, 0.15) is 22.2 Å². The van der Waals surface area contributed by atoms with Crippen LogP contribution in [0.5, 0.6) is 0 Å². The van der Waals surface area contributed by atoms with E-state index >= 15 is 0 Å². The van der Waals surface area contributed by atoms with Crippen molar-refractivity contribution in [3.63, 3.8) is 0 Å². The first kappa shape index (κ1) is 19.6. The van der Waals surface area contributed by atoms with Crippen molar-refractivity contribution in [2.45, 2.75) is 25.4 Å². The number of carbonyl (C=O) groups is 3. The molecule has 2 atom stereocenters. The standard InChI is InChI=1S/C20H21N3O4S/c1-12(22-19(25)17-8-5-9-28-17)18(24)23-16(20(26)27-2)10-13-11-21-15-7-4-3-6-14(13)15/h3-9,11-12,16,21H,10H2,1-2H3,(H,22,25)(H,23,24). The SMILES string of the molecule is COC(=O)C(Cc1c[nH]c2ccccc12)NC(=O)C(C)NC(=O)c1cccs1. The van der Waals surface area contributed by atoms with Crippen molar-refractivity contribution in [3.05, 3.63) is 58.4 Å². The normalized spacial score (nSPS) is 12.9. The van der Waals surface area contributed by atoms with Gasteiger partial charge in [0.1, 0.15) is 12.1 Å². The molecule has 2 amide bonds. The lowest BCUT2D eigenvalue weighted by Crippen LogP contribution is -2.51. The molecule has 0 saturated heterocycles. The van der Waals surface area contributed by atoms with E-state index in [9.17, 15) is 14.4 Å². The summed E-state index contributed by atoms with van der Waals surface area (Å²) in [7, 11) is 1.28. The smallest absolute Gasteiger partial charge is 0.328 e. The molecule has 0 aliphatic rings. The number of amides is 2.